The molecule has 0 unspecified atom stereocenters. The molecule has 0 radical (unpaired) electrons. The van der Waals surface area contributed by atoms with Gasteiger partial charge in [0.25, 0.3) is 15.6 Å². The first-order valence-corrected chi connectivity index (χ1v) is 12.7. The predicted molar refractivity (Wildman–Crippen MR) is 124 cm³/mol. The smallest absolute Gasteiger partial charge is 0.258 e. The van der Waals surface area contributed by atoms with Crippen LogP contribution in [0.2, 0.25) is 0 Å². The zero-order valence-corrected chi connectivity index (χ0v) is 19.2. The summed E-state index contributed by atoms with van der Waals surface area (Å²) in [6.07, 6.45) is 0.923. The third kappa shape index (κ3) is 3.52. The minimum Gasteiger partial charge on any atom is -0.378 e. The number of nitrogens with zero attached hydrogens (tertiary/aromatic N) is 3. The summed E-state index contributed by atoms with van der Waals surface area (Å²) in [5.41, 5.74) is 3.64. The number of thiophene rings is 1. The van der Waals surface area contributed by atoms with E-state index in [9.17, 15) is 13.2 Å². The normalized spacial score (nSPS) is 21.0. The fourth-order valence-corrected chi connectivity index (χ4v) is 7.50. The highest BCUT2D eigenvalue weighted by Crippen LogP contribution is 2.38. The Balaban J connectivity index is 1.48. The highest BCUT2D eigenvalue weighted by atomic mass is 32.2. The molecule has 3 aromatic rings. The van der Waals surface area contributed by atoms with Gasteiger partial charge in [-0.1, -0.05) is 18.2 Å². The molecule has 2 aliphatic rings. The van der Waals surface area contributed by atoms with Crippen LogP contribution < -0.4 is 10.5 Å². The summed E-state index contributed by atoms with van der Waals surface area (Å²) in [4.78, 5) is 15.4. The Morgan fingerprint density at radius 1 is 1.00 bits per heavy atom. The second-order valence-electron chi connectivity index (χ2n) is 8.58. The standard InChI is InChI=1S/C23H25N3O3S2/c1-24(2)19-7-5-17(6-8-19)20-9-10-21-18-12-16(14-26(21)23(20)27)13-25(15-18)31(28,29)22-4-3-11-30-22/h3-11,16,18H,12-15H2,1-2H3/t16-,18+/m0/s1. The summed E-state index contributed by atoms with van der Waals surface area (Å²) >= 11 is 1.25. The minimum absolute atomic E-state index is 0.0133. The quantitative estimate of drug-likeness (QED) is 0.605. The molecule has 2 aromatic heterocycles. The second-order valence-corrected chi connectivity index (χ2v) is 11.7. The Bertz CT molecular complexity index is 1260. The van der Waals surface area contributed by atoms with Crippen LogP contribution in [0.1, 0.15) is 18.0 Å². The number of rotatable bonds is 4. The van der Waals surface area contributed by atoms with Gasteiger partial charge in [-0.15, -0.1) is 11.3 Å². The fourth-order valence-electron chi connectivity index (χ4n) is 4.79. The van der Waals surface area contributed by atoms with Gasteiger partial charge in [-0.05, 0) is 53.6 Å². The largest absolute Gasteiger partial charge is 0.378 e. The van der Waals surface area contributed by atoms with Crippen molar-refractivity contribution < 1.29 is 8.42 Å². The van der Waals surface area contributed by atoms with Crippen molar-refractivity contribution >= 4 is 27.0 Å². The number of piperidine rings is 1. The number of pyridine rings is 1. The average molecular weight is 456 g/mol. The zero-order chi connectivity index (χ0) is 21.8. The third-order valence-corrected chi connectivity index (χ3v) is 9.56. The maximum Gasteiger partial charge on any atom is 0.258 e. The van der Waals surface area contributed by atoms with Crippen molar-refractivity contribution in [1.82, 2.24) is 8.87 Å². The molecule has 162 valence electrons. The number of hydrogen-bond donors (Lipinski definition) is 0. The summed E-state index contributed by atoms with van der Waals surface area (Å²) in [5.74, 6) is 0.185. The molecule has 0 spiro atoms. The first-order valence-electron chi connectivity index (χ1n) is 10.4. The highest BCUT2D eigenvalue weighted by Gasteiger charge is 2.40. The van der Waals surface area contributed by atoms with E-state index >= 15 is 0 Å². The molecule has 5 rings (SSSR count). The van der Waals surface area contributed by atoms with Crippen molar-refractivity contribution in [3.8, 4) is 11.1 Å². The highest BCUT2D eigenvalue weighted by molar-refractivity contribution is 7.91. The van der Waals surface area contributed by atoms with E-state index in [1.54, 1.807) is 21.8 Å². The van der Waals surface area contributed by atoms with Crippen LogP contribution >= 0.6 is 11.3 Å². The lowest BCUT2D eigenvalue weighted by Crippen LogP contribution is -2.49. The molecule has 2 aliphatic heterocycles. The molecule has 2 bridgehead atoms. The van der Waals surface area contributed by atoms with Crippen molar-refractivity contribution in [2.75, 3.05) is 32.1 Å². The van der Waals surface area contributed by atoms with Gasteiger partial charge in [-0.25, -0.2) is 8.42 Å². The summed E-state index contributed by atoms with van der Waals surface area (Å²) in [6, 6.07) is 15.3. The van der Waals surface area contributed by atoms with Crippen molar-refractivity contribution in [3.63, 3.8) is 0 Å². The van der Waals surface area contributed by atoms with Gasteiger partial charge in [-0.3, -0.25) is 4.79 Å². The molecule has 1 aromatic carbocycles. The molecule has 6 nitrogen and oxygen atoms in total. The van der Waals surface area contributed by atoms with Crippen LogP contribution in [-0.4, -0.2) is 44.5 Å². The first kappa shape index (κ1) is 20.5. The van der Waals surface area contributed by atoms with Gasteiger partial charge in [0.05, 0.1) is 0 Å². The van der Waals surface area contributed by atoms with Crippen molar-refractivity contribution in [1.29, 1.82) is 0 Å². The lowest BCUT2D eigenvalue weighted by Gasteiger charge is -2.42. The Morgan fingerprint density at radius 2 is 1.77 bits per heavy atom. The van der Waals surface area contributed by atoms with Gasteiger partial charge in [0.1, 0.15) is 4.21 Å². The Morgan fingerprint density at radius 3 is 2.45 bits per heavy atom. The molecule has 2 atom stereocenters. The van der Waals surface area contributed by atoms with Crippen LogP contribution in [0.4, 0.5) is 5.69 Å². The Hall–Kier alpha value is -2.42. The molecule has 0 aliphatic carbocycles. The van der Waals surface area contributed by atoms with Crippen LogP contribution in [0.15, 0.2) is 62.9 Å². The van der Waals surface area contributed by atoms with Gasteiger partial charge in [0, 0.05) is 56.6 Å². The molecule has 0 amide bonds. The molecule has 4 heterocycles. The molecule has 31 heavy (non-hydrogen) atoms. The maximum atomic E-state index is 13.4. The second kappa shape index (κ2) is 7.62. The Labute approximate surface area is 186 Å². The number of hydrogen-bond acceptors (Lipinski definition) is 5. The lowest BCUT2D eigenvalue weighted by atomic mass is 9.84. The van der Waals surface area contributed by atoms with Gasteiger partial charge in [-0.2, -0.15) is 4.31 Å². The van der Waals surface area contributed by atoms with Crippen LogP contribution in [0.25, 0.3) is 11.1 Å². The topological polar surface area (TPSA) is 62.6 Å². The van der Waals surface area contributed by atoms with Crippen LogP contribution in [0.5, 0.6) is 0 Å². The maximum absolute atomic E-state index is 13.4. The van der Waals surface area contributed by atoms with E-state index in [4.69, 9.17) is 0 Å². The van der Waals surface area contributed by atoms with Gasteiger partial charge in [0.15, 0.2) is 0 Å². The van der Waals surface area contributed by atoms with Gasteiger partial charge < -0.3 is 9.47 Å². The average Bonchev–Trinajstić information content (AvgIpc) is 3.30. The monoisotopic (exact) mass is 455 g/mol. The number of aromatic nitrogens is 1. The van der Waals surface area contributed by atoms with E-state index in [1.807, 2.05) is 60.0 Å². The molecule has 0 saturated carbocycles. The molecule has 0 N–H and O–H groups in total. The fraction of sp³-hybridized carbons (Fsp3) is 0.348. The molecule has 8 heteroatoms. The van der Waals surface area contributed by atoms with Crippen LogP contribution in [0, 0.1) is 5.92 Å². The number of sulfonamides is 1. The molecular weight excluding hydrogens is 430 g/mol. The summed E-state index contributed by atoms with van der Waals surface area (Å²) in [6.45, 7) is 1.45. The lowest BCUT2D eigenvalue weighted by molar-refractivity contribution is 0.186. The number of fused-ring (bicyclic) bond motifs is 4. The van der Waals surface area contributed by atoms with Crippen molar-refractivity contribution in [2.45, 2.75) is 23.1 Å². The minimum atomic E-state index is -3.48. The summed E-state index contributed by atoms with van der Waals surface area (Å²) in [5, 5.41) is 1.79. The van der Waals surface area contributed by atoms with E-state index in [0.717, 1.165) is 23.4 Å². The zero-order valence-electron chi connectivity index (χ0n) is 17.6. The van der Waals surface area contributed by atoms with E-state index in [0.29, 0.717) is 29.4 Å². The third-order valence-electron chi connectivity index (χ3n) is 6.35. The molecule has 1 fully saturated rings. The van der Waals surface area contributed by atoms with Crippen molar-refractivity contribution in [3.05, 3.63) is 70.0 Å². The first-order chi connectivity index (χ1) is 14.8. The van der Waals surface area contributed by atoms with Gasteiger partial charge in [0.2, 0.25) is 0 Å². The van der Waals surface area contributed by atoms with E-state index in [1.165, 1.54) is 11.3 Å². The van der Waals surface area contributed by atoms with E-state index in [2.05, 4.69) is 0 Å². The molecular formula is C23H25N3O3S2. The summed E-state index contributed by atoms with van der Waals surface area (Å²) < 4.78 is 30.0. The van der Waals surface area contributed by atoms with Gasteiger partial charge >= 0.3 is 0 Å². The number of anilines is 1. The Kier molecular flexibility index (Phi) is 5.03. The SMILES string of the molecule is CN(C)c1ccc(-c2ccc3n(c2=O)C[C@H]2C[C@@H]3CN(S(=O)(=O)c3cccs3)C2)cc1. The van der Waals surface area contributed by atoms with E-state index < -0.39 is 10.0 Å². The van der Waals surface area contributed by atoms with Crippen LogP contribution in [0.3, 0.4) is 0 Å². The van der Waals surface area contributed by atoms with Crippen molar-refractivity contribution in [2.24, 2.45) is 5.92 Å². The van der Waals surface area contributed by atoms with E-state index in [-0.39, 0.29) is 17.4 Å². The number of benzene rings is 1. The molecule has 1 saturated heterocycles. The van der Waals surface area contributed by atoms with Crippen LogP contribution in [-0.2, 0) is 16.6 Å². The summed E-state index contributed by atoms with van der Waals surface area (Å²) in [7, 11) is 0.504. The predicted octanol–water partition coefficient (Wildman–Crippen LogP) is 3.45.